The maximum atomic E-state index is 12.7. The van der Waals surface area contributed by atoms with Gasteiger partial charge >= 0.3 is 0 Å². The Kier molecular flexibility index (Phi) is 3.80. The number of rotatable bonds is 2. The van der Waals surface area contributed by atoms with E-state index in [1.54, 1.807) is 11.3 Å². The minimum absolute atomic E-state index is 0.123. The molecular weight excluding hydrogens is 286 g/mol. The Morgan fingerprint density at radius 2 is 2.24 bits per heavy atom. The van der Waals surface area contributed by atoms with E-state index in [-0.39, 0.29) is 11.8 Å². The molecule has 0 spiro atoms. The van der Waals surface area contributed by atoms with E-state index in [4.69, 9.17) is 4.52 Å². The number of piperidine rings is 1. The van der Waals surface area contributed by atoms with E-state index < -0.39 is 0 Å². The molecular formula is C15H19N3O2S. The van der Waals surface area contributed by atoms with Gasteiger partial charge in [-0.25, -0.2) is 0 Å². The molecule has 5 nitrogen and oxygen atoms in total. The summed E-state index contributed by atoms with van der Waals surface area (Å²) in [6.07, 6.45) is 1.97. The van der Waals surface area contributed by atoms with Crippen LogP contribution in [0.1, 0.15) is 50.6 Å². The highest BCUT2D eigenvalue weighted by atomic mass is 32.1. The number of hydrogen-bond acceptors (Lipinski definition) is 5. The van der Waals surface area contributed by atoms with Gasteiger partial charge in [0.25, 0.3) is 5.91 Å². The largest absolute Gasteiger partial charge is 0.339 e. The molecule has 0 N–H and O–H groups in total. The number of thiophene rings is 1. The van der Waals surface area contributed by atoms with Gasteiger partial charge < -0.3 is 9.42 Å². The molecule has 1 aliphatic heterocycles. The Morgan fingerprint density at radius 3 is 2.86 bits per heavy atom. The lowest BCUT2D eigenvalue weighted by Gasteiger charge is -2.31. The Bertz CT molecular complexity index is 662. The second-order valence-electron chi connectivity index (χ2n) is 5.60. The van der Waals surface area contributed by atoms with Crippen LogP contribution in [0.2, 0.25) is 0 Å². The van der Waals surface area contributed by atoms with Crippen molar-refractivity contribution in [3.8, 4) is 0 Å². The van der Waals surface area contributed by atoms with Crippen molar-refractivity contribution in [2.75, 3.05) is 13.1 Å². The zero-order chi connectivity index (χ0) is 15.0. The summed E-state index contributed by atoms with van der Waals surface area (Å²) in [4.78, 5) is 21.2. The van der Waals surface area contributed by atoms with Crippen LogP contribution in [-0.4, -0.2) is 34.0 Å². The Balaban J connectivity index is 1.77. The number of hydrogen-bond donors (Lipinski definition) is 0. The molecule has 3 rings (SSSR count). The van der Waals surface area contributed by atoms with Crippen LogP contribution in [-0.2, 0) is 0 Å². The average molecular weight is 305 g/mol. The zero-order valence-corrected chi connectivity index (χ0v) is 13.4. The molecule has 2 aromatic heterocycles. The van der Waals surface area contributed by atoms with Crippen molar-refractivity contribution >= 4 is 17.2 Å². The van der Waals surface area contributed by atoms with Gasteiger partial charge in [0, 0.05) is 22.8 Å². The molecule has 1 atom stereocenters. The molecule has 21 heavy (non-hydrogen) atoms. The van der Waals surface area contributed by atoms with E-state index in [9.17, 15) is 4.79 Å². The Morgan fingerprint density at radius 1 is 1.43 bits per heavy atom. The smallest absolute Gasteiger partial charge is 0.255 e. The second-order valence-corrected chi connectivity index (χ2v) is 7.06. The van der Waals surface area contributed by atoms with E-state index in [2.05, 4.69) is 10.1 Å². The van der Waals surface area contributed by atoms with E-state index in [0.717, 1.165) is 29.8 Å². The predicted molar refractivity (Wildman–Crippen MR) is 80.7 cm³/mol. The number of aryl methyl sites for hydroxylation is 3. The lowest BCUT2D eigenvalue weighted by molar-refractivity contribution is 0.0695. The normalized spacial score (nSPS) is 19.0. The summed E-state index contributed by atoms with van der Waals surface area (Å²) < 4.78 is 5.27. The van der Waals surface area contributed by atoms with Crippen molar-refractivity contribution in [2.24, 2.45) is 0 Å². The Hall–Kier alpha value is -1.69. The van der Waals surface area contributed by atoms with E-state index in [1.807, 2.05) is 31.7 Å². The molecule has 1 aliphatic rings. The number of carbonyl (C=O) groups excluding carboxylic acids is 1. The van der Waals surface area contributed by atoms with Crippen LogP contribution in [0.3, 0.4) is 0 Å². The van der Waals surface area contributed by atoms with Gasteiger partial charge in [-0.05, 0) is 39.7 Å². The molecule has 1 unspecified atom stereocenters. The second kappa shape index (κ2) is 5.60. The summed E-state index contributed by atoms with van der Waals surface area (Å²) >= 11 is 1.67. The SMILES string of the molecule is Cc1noc(C2CCCN(C(=O)c3cc(C)sc3C)C2)n1. The van der Waals surface area contributed by atoms with Gasteiger partial charge in [0.2, 0.25) is 5.89 Å². The highest BCUT2D eigenvalue weighted by Crippen LogP contribution is 2.28. The minimum Gasteiger partial charge on any atom is -0.339 e. The molecule has 3 heterocycles. The summed E-state index contributed by atoms with van der Waals surface area (Å²) in [7, 11) is 0. The average Bonchev–Trinajstić information content (AvgIpc) is 3.04. The van der Waals surface area contributed by atoms with E-state index in [1.165, 1.54) is 4.88 Å². The summed E-state index contributed by atoms with van der Waals surface area (Å²) in [6.45, 7) is 7.32. The standard InChI is InChI=1S/C15H19N3O2S/c1-9-7-13(10(2)21-9)15(19)18-6-4-5-12(8-18)14-16-11(3)17-20-14/h7,12H,4-6,8H2,1-3H3. The number of carbonyl (C=O) groups is 1. The molecule has 0 saturated carbocycles. The van der Waals surface area contributed by atoms with Gasteiger partial charge in [0.05, 0.1) is 11.5 Å². The van der Waals surface area contributed by atoms with Gasteiger partial charge in [0.1, 0.15) is 0 Å². The Labute approximate surface area is 128 Å². The van der Waals surface area contributed by atoms with Crippen LogP contribution >= 0.6 is 11.3 Å². The monoisotopic (exact) mass is 305 g/mol. The third kappa shape index (κ3) is 2.85. The molecule has 0 aliphatic carbocycles. The van der Waals surface area contributed by atoms with Crippen LogP contribution in [0.25, 0.3) is 0 Å². The molecule has 6 heteroatoms. The summed E-state index contributed by atoms with van der Waals surface area (Å²) in [6, 6.07) is 1.99. The van der Waals surface area contributed by atoms with Gasteiger partial charge in [0.15, 0.2) is 5.82 Å². The fourth-order valence-corrected chi connectivity index (χ4v) is 3.77. The van der Waals surface area contributed by atoms with Crippen molar-refractivity contribution in [1.82, 2.24) is 15.0 Å². The van der Waals surface area contributed by atoms with Gasteiger partial charge in [-0.3, -0.25) is 4.79 Å². The first-order valence-corrected chi connectivity index (χ1v) is 8.02. The highest BCUT2D eigenvalue weighted by molar-refractivity contribution is 7.12. The van der Waals surface area contributed by atoms with Crippen LogP contribution in [0.5, 0.6) is 0 Å². The van der Waals surface area contributed by atoms with Crippen molar-refractivity contribution in [3.05, 3.63) is 33.1 Å². The maximum Gasteiger partial charge on any atom is 0.255 e. The number of likely N-dealkylation sites (tertiary alicyclic amines) is 1. The van der Waals surface area contributed by atoms with Gasteiger partial charge in [-0.2, -0.15) is 4.98 Å². The lowest BCUT2D eigenvalue weighted by Crippen LogP contribution is -2.39. The van der Waals surface area contributed by atoms with Crippen molar-refractivity contribution in [1.29, 1.82) is 0 Å². The molecule has 2 aromatic rings. The molecule has 0 bridgehead atoms. The first kappa shape index (κ1) is 14.3. The first-order chi connectivity index (χ1) is 10.0. The third-order valence-corrected chi connectivity index (χ3v) is 4.84. The summed E-state index contributed by atoms with van der Waals surface area (Å²) in [5, 5.41) is 3.85. The van der Waals surface area contributed by atoms with Crippen molar-refractivity contribution < 1.29 is 9.32 Å². The summed E-state index contributed by atoms with van der Waals surface area (Å²) in [5.74, 6) is 1.59. The molecule has 1 amide bonds. The highest BCUT2D eigenvalue weighted by Gasteiger charge is 2.29. The summed E-state index contributed by atoms with van der Waals surface area (Å²) in [5.41, 5.74) is 0.833. The van der Waals surface area contributed by atoms with Crippen LogP contribution in [0.4, 0.5) is 0 Å². The van der Waals surface area contributed by atoms with E-state index >= 15 is 0 Å². The van der Waals surface area contributed by atoms with Gasteiger partial charge in [-0.1, -0.05) is 5.16 Å². The fourth-order valence-electron chi connectivity index (χ4n) is 2.86. The van der Waals surface area contributed by atoms with E-state index in [0.29, 0.717) is 18.3 Å². The first-order valence-electron chi connectivity index (χ1n) is 7.21. The third-order valence-electron chi connectivity index (χ3n) is 3.87. The van der Waals surface area contributed by atoms with Crippen LogP contribution in [0.15, 0.2) is 10.6 Å². The minimum atomic E-state index is 0.123. The van der Waals surface area contributed by atoms with Gasteiger partial charge in [-0.15, -0.1) is 11.3 Å². The van der Waals surface area contributed by atoms with Crippen LogP contribution < -0.4 is 0 Å². The number of nitrogens with zero attached hydrogens (tertiary/aromatic N) is 3. The molecule has 112 valence electrons. The van der Waals surface area contributed by atoms with Crippen LogP contribution in [0, 0.1) is 20.8 Å². The molecule has 0 radical (unpaired) electrons. The van der Waals surface area contributed by atoms with Crippen molar-refractivity contribution in [2.45, 2.75) is 39.5 Å². The molecule has 0 aromatic carbocycles. The fraction of sp³-hybridized carbons (Fsp3) is 0.533. The maximum absolute atomic E-state index is 12.7. The number of aromatic nitrogens is 2. The predicted octanol–water partition coefficient (Wildman–Crippen LogP) is 3.08. The quantitative estimate of drug-likeness (QED) is 0.855. The topological polar surface area (TPSA) is 59.2 Å². The molecule has 1 saturated heterocycles. The lowest BCUT2D eigenvalue weighted by atomic mass is 9.97. The zero-order valence-electron chi connectivity index (χ0n) is 12.5. The molecule has 1 fully saturated rings. The van der Waals surface area contributed by atoms with Crippen molar-refractivity contribution in [3.63, 3.8) is 0 Å². The number of amides is 1.